The maximum Gasteiger partial charge on any atom is 0.255 e. The van der Waals surface area contributed by atoms with Crippen LogP contribution in [0, 0.1) is 11.8 Å². The monoisotopic (exact) mass is 625 g/mol. The molecule has 1 saturated carbocycles. The summed E-state index contributed by atoms with van der Waals surface area (Å²) in [5, 5.41) is 77.0. The van der Waals surface area contributed by atoms with Gasteiger partial charge in [-0.05, 0) is 51.9 Å². The molecule has 14 heteroatoms. The number of halogens is 1. The van der Waals surface area contributed by atoms with Crippen LogP contribution in [-0.2, 0) is 20.0 Å². The second-order valence-corrected chi connectivity index (χ2v) is 11.8. The Labute approximate surface area is 254 Å². The largest absolute Gasteiger partial charge is 0.508 e. The predicted molar refractivity (Wildman–Crippen MR) is 155 cm³/mol. The third-order valence-corrected chi connectivity index (χ3v) is 9.10. The number of aromatic hydroxyl groups is 1. The number of phenolic OH excluding ortho intramolecular Hbond substituents is 1. The minimum absolute atomic E-state index is 0. The number of fused-ring (bicyclic) bond motifs is 3. The first-order valence-corrected chi connectivity index (χ1v) is 13.9. The number of carbonyl (C=O) groups excluding carboxylic acids is 3. The van der Waals surface area contributed by atoms with Crippen LogP contribution in [0.1, 0.15) is 50.7 Å². The molecule has 4 aliphatic rings. The summed E-state index contributed by atoms with van der Waals surface area (Å²) in [6.45, 7) is 4.25. The Morgan fingerprint density at radius 1 is 1.14 bits per heavy atom. The molecule has 1 heterocycles. The molecule has 5 rings (SSSR count). The zero-order valence-electron chi connectivity index (χ0n) is 24.4. The molecule has 1 aromatic rings. The van der Waals surface area contributed by atoms with Gasteiger partial charge in [0.05, 0.1) is 40.7 Å². The second kappa shape index (κ2) is 12.2. The summed E-state index contributed by atoms with van der Waals surface area (Å²) in [6, 6.07) is 2.94. The Kier molecular flexibility index (Phi) is 9.74. The van der Waals surface area contributed by atoms with Gasteiger partial charge >= 0.3 is 0 Å². The molecule has 1 amide bonds. The first-order chi connectivity index (χ1) is 19.5. The van der Waals surface area contributed by atoms with E-state index in [-0.39, 0.29) is 23.5 Å². The Morgan fingerprint density at radius 2 is 1.77 bits per heavy atom. The summed E-state index contributed by atoms with van der Waals surface area (Å²) in [7, 11) is 2.80. The highest BCUT2D eigenvalue weighted by molar-refractivity contribution is 6.24. The number of ketones is 2. The molecule has 2 fully saturated rings. The van der Waals surface area contributed by atoms with Gasteiger partial charge in [-0.15, -0.1) is 12.4 Å². The number of nitrogens with zero attached hydrogens (tertiary/aromatic N) is 2. The minimum atomic E-state index is -3.02. The van der Waals surface area contributed by atoms with E-state index in [2.05, 4.69) is 6.92 Å². The van der Waals surface area contributed by atoms with Crippen molar-refractivity contribution in [2.24, 2.45) is 17.6 Å². The van der Waals surface area contributed by atoms with Gasteiger partial charge in [0.2, 0.25) is 5.78 Å². The summed E-state index contributed by atoms with van der Waals surface area (Å²) in [5.41, 5.74) is -1.78. The molecule has 1 aromatic carbocycles. The van der Waals surface area contributed by atoms with Gasteiger partial charge in [0.25, 0.3) is 5.91 Å². The van der Waals surface area contributed by atoms with Crippen LogP contribution in [-0.4, -0.2) is 108 Å². The van der Waals surface area contributed by atoms with Crippen molar-refractivity contribution in [3.05, 3.63) is 46.2 Å². The normalized spacial score (nSPS) is 34.0. The molecular weight excluding hydrogens is 586 g/mol. The molecule has 9 N–H and O–H groups in total. The van der Waals surface area contributed by atoms with Gasteiger partial charge in [-0.25, -0.2) is 0 Å². The first-order valence-electron chi connectivity index (χ1n) is 13.9. The molecule has 0 aromatic heterocycles. The van der Waals surface area contributed by atoms with Crippen LogP contribution in [0.4, 0.5) is 0 Å². The fourth-order valence-electron chi connectivity index (χ4n) is 7.00. The van der Waals surface area contributed by atoms with Crippen molar-refractivity contribution in [2.75, 3.05) is 20.6 Å². The van der Waals surface area contributed by atoms with Crippen molar-refractivity contribution in [1.29, 1.82) is 0 Å². The lowest BCUT2D eigenvalue weighted by Gasteiger charge is -2.55. The predicted octanol–water partition coefficient (Wildman–Crippen LogP) is 0.662. The third-order valence-electron chi connectivity index (χ3n) is 9.10. The lowest BCUT2D eigenvalue weighted by atomic mass is 9.53. The van der Waals surface area contributed by atoms with Gasteiger partial charge in [0.1, 0.15) is 22.8 Å². The van der Waals surface area contributed by atoms with Crippen LogP contribution in [0.2, 0.25) is 0 Å². The lowest BCUT2D eigenvalue weighted by molar-refractivity contribution is -0.181. The number of rotatable bonds is 3. The zero-order chi connectivity index (χ0) is 31.5. The SMILES string of the molecule is CCC1CCCCN1O.CN(C)[C@@H]1C(=O)C(C(N)=O)=C(O)[C@@]2(O)C(=O)C3=C(O)c4c(O)cccc4[C@@](C)(O)[C@H]3[C@H](O)[C@@H]12.Cl. The van der Waals surface area contributed by atoms with Crippen molar-refractivity contribution < 1.29 is 50.2 Å². The molecule has 0 radical (unpaired) electrons. The highest BCUT2D eigenvalue weighted by Gasteiger charge is 2.70. The number of aliphatic hydroxyl groups is 5. The number of piperidine rings is 1. The molecule has 43 heavy (non-hydrogen) atoms. The highest BCUT2D eigenvalue weighted by atomic mass is 35.5. The van der Waals surface area contributed by atoms with Gasteiger partial charge in [0, 0.05) is 12.6 Å². The van der Waals surface area contributed by atoms with Gasteiger partial charge in [0.15, 0.2) is 11.4 Å². The van der Waals surface area contributed by atoms with Gasteiger partial charge in [-0.3, -0.25) is 19.3 Å². The number of likely N-dealkylation sites (N-methyl/N-ethyl adjacent to an activating group) is 1. The molecule has 1 unspecified atom stereocenters. The number of phenols is 1. The van der Waals surface area contributed by atoms with E-state index in [4.69, 9.17) is 5.73 Å². The van der Waals surface area contributed by atoms with Crippen molar-refractivity contribution >= 4 is 35.6 Å². The number of aliphatic hydroxyl groups excluding tert-OH is 3. The topological polar surface area (TPSA) is 225 Å². The van der Waals surface area contributed by atoms with E-state index in [0.717, 1.165) is 19.4 Å². The number of amides is 1. The van der Waals surface area contributed by atoms with Crippen LogP contribution in [0.25, 0.3) is 5.76 Å². The molecule has 7 atom stereocenters. The van der Waals surface area contributed by atoms with Gasteiger partial charge in [-0.1, -0.05) is 25.5 Å². The van der Waals surface area contributed by atoms with Gasteiger partial charge < -0.3 is 41.6 Å². The number of benzene rings is 1. The van der Waals surface area contributed by atoms with E-state index in [9.17, 15) is 50.2 Å². The molecule has 0 spiro atoms. The second-order valence-electron chi connectivity index (χ2n) is 11.8. The van der Waals surface area contributed by atoms with Crippen molar-refractivity contribution in [3.8, 4) is 5.75 Å². The first kappa shape index (κ1) is 34.5. The lowest BCUT2D eigenvalue weighted by Crippen LogP contribution is -2.71. The number of primary amides is 1. The molecule has 0 bridgehead atoms. The number of hydroxylamine groups is 2. The zero-order valence-corrected chi connectivity index (χ0v) is 25.2. The third kappa shape index (κ3) is 5.12. The Morgan fingerprint density at radius 3 is 2.28 bits per heavy atom. The minimum Gasteiger partial charge on any atom is -0.508 e. The molecule has 1 saturated heterocycles. The number of hydrogen-bond donors (Lipinski definition) is 8. The van der Waals surface area contributed by atoms with Crippen LogP contribution in [0.3, 0.4) is 0 Å². The van der Waals surface area contributed by atoms with Gasteiger partial charge in [-0.2, -0.15) is 5.06 Å². The maximum atomic E-state index is 13.7. The van der Waals surface area contributed by atoms with E-state index in [1.165, 1.54) is 62.0 Å². The summed E-state index contributed by atoms with van der Waals surface area (Å²) in [6.07, 6.45) is 2.83. The quantitative estimate of drug-likeness (QED) is 0.217. The van der Waals surface area contributed by atoms with E-state index >= 15 is 0 Å². The molecular formula is C29H40ClN3O10. The van der Waals surface area contributed by atoms with Crippen molar-refractivity contribution in [2.45, 2.75) is 68.9 Å². The summed E-state index contributed by atoms with van der Waals surface area (Å²) in [5.74, 6) is -9.67. The Balaban J connectivity index is 0.000000435. The average Bonchev–Trinajstić information content (AvgIpc) is 2.91. The molecule has 1 aliphatic heterocycles. The molecule has 13 nitrogen and oxygen atoms in total. The fourth-order valence-corrected chi connectivity index (χ4v) is 7.00. The van der Waals surface area contributed by atoms with Crippen LogP contribution >= 0.6 is 12.4 Å². The number of carbonyl (C=O) groups is 3. The van der Waals surface area contributed by atoms with Crippen LogP contribution in [0.5, 0.6) is 5.75 Å². The maximum absolute atomic E-state index is 13.7. The summed E-state index contributed by atoms with van der Waals surface area (Å²) < 4.78 is 0. The average molecular weight is 626 g/mol. The molecule has 3 aliphatic carbocycles. The van der Waals surface area contributed by atoms with E-state index in [1.54, 1.807) is 0 Å². The summed E-state index contributed by atoms with van der Waals surface area (Å²) >= 11 is 0. The molecule has 238 valence electrons. The van der Waals surface area contributed by atoms with Crippen molar-refractivity contribution in [1.82, 2.24) is 9.96 Å². The smallest absolute Gasteiger partial charge is 0.255 e. The van der Waals surface area contributed by atoms with Crippen molar-refractivity contribution in [3.63, 3.8) is 0 Å². The fraction of sp³-hybridized carbons (Fsp3) is 0.552. The Hall–Kier alpha value is -3.04. The van der Waals surface area contributed by atoms with E-state index in [1.807, 2.05) is 0 Å². The Bertz CT molecular complexity index is 1380. The standard InChI is InChI=1S/C22H24N2O9.C7H15NO.ClH/c1-21(32)7-5-4-6-8(25)9(7)15(26)10-12(21)17(28)13-14(24(2)3)16(27)11(20(23)31)19(30)22(13,33)18(10)29;1-2-7-5-3-4-6-8(7)9;/h4-6,12-14,17,25-26,28,30,32-33H,1-3H3,(H2,23,31);7,9H,2-6H2,1H3;1H/t12-,13-,14+,17+,21-,22+;;/m1../s1. The van der Waals surface area contributed by atoms with E-state index < -0.39 is 81.1 Å². The number of Topliss-reactive ketones (excluding diaryl/α,β-unsaturated/α-hetero) is 2. The van der Waals surface area contributed by atoms with Crippen LogP contribution < -0.4 is 5.73 Å². The highest BCUT2D eigenvalue weighted by Crippen LogP contribution is 2.57. The van der Waals surface area contributed by atoms with Crippen LogP contribution in [0.15, 0.2) is 35.1 Å². The summed E-state index contributed by atoms with van der Waals surface area (Å²) in [4.78, 5) is 39.9. The van der Waals surface area contributed by atoms with E-state index in [0.29, 0.717) is 6.04 Å². The number of nitrogens with two attached hydrogens (primary N) is 1. The number of hydrogen-bond acceptors (Lipinski definition) is 12.